The van der Waals surface area contributed by atoms with E-state index in [0.717, 1.165) is 11.4 Å². The van der Waals surface area contributed by atoms with Crippen molar-refractivity contribution >= 4 is 40.3 Å². The number of hydrogen-bond acceptors (Lipinski definition) is 3. The molecular formula is C13H12Cl2N2O. The highest BCUT2D eigenvalue weighted by atomic mass is 35.5. The van der Waals surface area contributed by atoms with Crippen LogP contribution in [-0.2, 0) is 0 Å². The Morgan fingerprint density at radius 1 is 1.11 bits per heavy atom. The summed E-state index contributed by atoms with van der Waals surface area (Å²) in [6.45, 7) is 0. The summed E-state index contributed by atoms with van der Waals surface area (Å²) >= 11 is 11.8. The number of hydrogen-bond donors (Lipinski definition) is 2. The van der Waals surface area contributed by atoms with E-state index in [1.165, 1.54) is 0 Å². The third kappa shape index (κ3) is 2.81. The number of nitrogen functional groups attached to an aromatic ring is 1. The van der Waals surface area contributed by atoms with Crippen LogP contribution in [-0.4, -0.2) is 7.11 Å². The fourth-order valence-corrected chi connectivity index (χ4v) is 1.86. The van der Waals surface area contributed by atoms with Gasteiger partial charge in [0.15, 0.2) is 0 Å². The highest BCUT2D eigenvalue weighted by molar-refractivity contribution is 6.42. The molecule has 0 aliphatic rings. The second-order valence-corrected chi connectivity index (χ2v) is 4.52. The van der Waals surface area contributed by atoms with Gasteiger partial charge in [0, 0.05) is 11.8 Å². The molecule has 0 saturated heterocycles. The first kappa shape index (κ1) is 12.9. The number of nitrogens with two attached hydrogens (primary N) is 1. The Labute approximate surface area is 115 Å². The lowest BCUT2D eigenvalue weighted by atomic mass is 10.2. The molecule has 2 rings (SSSR count). The summed E-state index contributed by atoms with van der Waals surface area (Å²) in [4.78, 5) is 0. The maximum absolute atomic E-state index is 5.96. The molecule has 0 aromatic heterocycles. The molecule has 0 heterocycles. The second kappa shape index (κ2) is 5.38. The zero-order valence-electron chi connectivity index (χ0n) is 9.71. The molecule has 0 aliphatic heterocycles. The Bertz CT molecular complexity index is 573. The number of methoxy groups -OCH3 is 1. The molecule has 3 nitrogen and oxygen atoms in total. The van der Waals surface area contributed by atoms with E-state index in [0.29, 0.717) is 21.4 Å². The third-order valence-corrected chi connectivity index (χ3v) is 3.16. The molecule has 3 N–H and O–H groups in total. The van der Waals surface area contributed by atoms with Crippen LogP contribution in [0.5, 0.6) is 5.75 Å². The van der Waals surface area contributed by atoms with Crippen molar-refractivity contribution < 1.29 is 4.74 Å². The van der Waals surface area contributed by atoms with Crippen molar-refractivity contribution in [1.82, 2.24) is 0 Å². The summed E-state index contributed by atoms with van der Waals surface area (Å²) in [6, 6.07) is 10.8. The van der Waals surface area contributed by atoms with Crippen LogP contribution in [0.25, 0.3) is 0 Å². The van der Waals surface area contributed by atoms with Crippen molar-refractivity contribution in [2.75, 3.05) is 18.2 Å². The smallest absolute Gasteiger partial charge is 0.120 e. The third-order valence-electron chi connectivity index (χ3n) is 2.44. The minimum Gasteiger partial charge on any atom is -0.497 e. The molecule has 0 atom stereocenters. The first-order valence-corrected chi connectivity index (χ1v) is 6.01. The molecule has 0 bridgehead atoms. The van der Waals surface area contributed by atoms with Gasteiger partial charge in [-0.3, -0.25) is 0 Å². The topological polar surface area (TPSA) is 47.3 Å². The summed E-state index contributed by atoms with van der Waals surface area (Å²) in [7, 11) is 1.62. The van der Waals surface area contributed by atoms with Gasteiger partial charge in [0.2, 0.25) is 0 Å². The maximum Gasteiger partial charge on any atom is 0.120 e. The van der Waals surface area contributed by atoms with Gasteiger partial charge >= 0.3 is 0 Å². The van der Waals surface area contributed by atoms with Crippen molar-refractivity contribution in [3.63, 3.8) is 0 Å². The van der Waals surface area contributed by atoms with Gasteiger partial charge in [-0.25, -0.2) is 0 Å². The SMILES string of the molecule is COc1cccc(Nc2cc(Cl)c(Cl)cc2N)c1. The van der Waals surface area contributed by atoms with Crippen molar-refractivity contribution in [3.8, 4) is 5.75 Å². The van der Waals surface area contributed by atoms with Crippen LogP contribution in [0, 0.1) is 0 Å². The fourth-order valence-electron chi connectivity index (χ4n) is 1.53. The van der Waals surface area contributed by atoms with E-state index in [-0.39, 0.29) is 0 Å². The van der Waals surface area contributed by atoms with E-state index >= 15 is 0 Å². The van der Waals surface area contributed by atoms with E-state index in [1.807, 2.05) is 24.3 Å². The van der Waals surface area contributed by atoms with E-state index in [2.05, 4.69) is 5.32 Å². The normalized spacial score (nSPS) is 10.2. The Morgan fingerprint density at radius 3 is 2.56 bits per heavy atom. The van der Waals surface area contributed by atoms with Crippen molar-refractivity contribution in [2.45, 2.75) is 0 Å². The summed E-state index contributed by atoms with van der Waals surface area (Å²) in [5.41, 5.74) is 7.97. The second-order valence-electron chi connectivity index (χ2n) is 3.71. The zero-order chi connectivity index (χ0) is 13.1. The van der Waals surface area contributed by atoms with Gasteiger partial charge in [-0.2, -0.15) is 0 Å². The van der Waals surface area contributed by atoms with Crippen LogP contribution in [0.4, 0.5) is 17.1 Å². The Hall–Kier alpha value is -1.58. The van der Waals surface area contributed by atoms with E-state index < -0.39 is 0 Å². The number of ether oxygens (including phenoxy) is 1. The molecule has 0 saturated carbocycles. The number of anilines is 3. The molecule has 18 heavy (non-hydrogen) atoms. The van der Waals surface area contributed by atoms with Gasteiger partial charge in [-0.1, -0.05) is 29.3 Å². The van der Waals surface area contributed by atoms with Crippen molar-refractivity contribution in [2.24, 2.45) is 0 Å². The highest BCUT2D eigenvalue weighted by Gasteiger charge is 2.05. The van der Waals surface area contributed by atoms with Gasteiger partial charge < -0.3 is 15.8 Å². The maximum atomic E-state index is 5.96. The van der Waals surface area contributed by atoms with Gasteiger partial charge in [0.1, 0.15) is 5.75 Å². The molecule has 0 unspecified atom stereocenters. The fraction of sp³-hybridized carbons (Fsp3) is 0.0769. The lowest BCUT2D eigenvalue weighted by Gasteiger charge is -2.11. The molecule has 5 heteroatoms. The van der Waals surface area contributed by atoms with Gasteiger partial charge in [0.05, 0.1) is 28.5 Å². The number of rotatable bonds is 3. The van der Waals surface area contributed by atoms with Crippen LogP contribution in [0.3, 0.4) is 0 Å². The molecule has 2 aromatic carbocycles. The summed E-state index contributed by atoms with van der Waals surface area (Å²) < 4.78 is 5.15. The minimum absolute atomic E-state index is 0.436. The van der Waals surface area contributed by atoms with Crippen LogP contribution >= 0.6 is 23.2 Å². The van der Waals surface area contributed by atoms with E-state index in [1.54, 1.807) is 19.2 Å². The molecule has 0 amide bonds. The average molecular weight is 283 g/mol. The Kier molecular flexibility index (Phi) is 3.84. The number of halogens is 2. The summed E-state index contributed by atoms with van der Waals surface area (Å²) in [5, 5.41) is 4.06. The van der Waals surface area contributed by atoms with Gasteiger partial charge in [-0.05, 0) is 24.3 Å². The number of nitrogens with one attached hydrogen (secondary N) is 1. The summed E-state index contributed by atoms with van der Waals surface area (Å²) in [5.74, 6) is 0.763. The molecule has 0 fully saturated rings. The molecule has 94 valence electrons. The minimum atomic E-state index is 0.436. The lowest BCUT2D eigenvalue weighted by molar-refractivity contribution is 0.415. The zero-order valence-corrected chi connectivity index (χ0v) is 11.2. The molecular weight excluding hydrogens is 271 g/mol. The van der Waals surface area contributed by atoms with Gasteiger partial charge in [0.25, 0.3) is 0 Å². The van der Waals surface area contributed by atoms with E-state index in [9.17, 15) is 0 Å². The van der Waals surface area contributed by atoms with Crippen LogP contribution in [0.2, 0.25) is 10.0 Å². The lowest BCUT2D eigenvalue weighted by Crippen LogP contribution is -1.97. The quantitative estimate of drug-likeness (QED) is 0.824. The standard InChI is InChI=1S/C13H12Cl2N2O/c1-18-9-4-2-3-8(5-9)17-13-7-11(15)10(14)6-12(13)16/h2-7,17H,16H2,1H3. The van der Waals surface area contributed by atoms with Crippen LogP contribution in [0.1, 0.15) is 0 Å². The average Bonchev–Trinajstić information content (AvgIpc) is 2.36. The molecule has 0 spiro atoms. The van der Waals surface area contributed by atoms with Gasteiger partial charge in [-0.15, -0.1) is 0 Å². The number of benzene rings is 2. The first-order chi connectivity index (χ1) is 8.60. The predicted molar refractivity (Wildman–Crippen MR) is 77.2 cm³/mol. The Balaban J connectivity index is 2.30. The predicted octanol–water partition coefficient (Wildman–Crippen LogP) is 4.33. The van der Waals surface area contributed by atoms with Crippen LogP contribution in [0.15, 0.2) is 36.4 Å². The van der Waals surface area contributed by atoms with Crippen LogP contribution < -0.4 is 15.8 Å². The monoisotopic (exact) mass is 282 g/mol. The molecule has 2 aromatic rings. The van der Waals surface area contributed by atoms with Crippen molar-refractivity contribution in [1.29, 1.82) is 0 Å². The largest absolute Gasteiger partial charge is 0.497 e. The first-order valence-electron chi connectivity index (χ1n) is 5.26. The van der Waals surface area contributed by atoms with Crippen molar-refractivity contribution in [3.05, 3.63) is 46.4 Å². The Morgan fingerprint density at radius 2 is 1.83 bits per heavy atom. The summed E-state index contributed by atoms with van der Waals surface area (Å²) in [6.07, 6.45) is 0. The highest BCUT2D eigenvalue weighted by Crippen LogP contribution is 2.33. The molecule has 0 aliphatic carbocycles. The molecule has 0 radical (unpaired) electrons. The van der Waals surface area contributed by atoms with E-state index in [4.69, 9.17) is 33.7 Å².